The van der Waals surface area contributed by atoms with E-state index in [1.165, 1.54) is 60.9 Å². The number of nitrogens with zero attached hydrogens (tertiary/aromatic N) is 2. The second kappa shape index (κ2) is 13.4. The van der Waals surface area contributed by atoms with Gasteiger partial charge in [0.2, 0.25) is 0 Å². The lowest BCUT2D eigenvalue weighted by Crippen LogP contribution is -2.29. The van der Waals surface area contributed by atoms with E-state index in [9.17, 15) is 0 Å². The van der Waals surface area contributed by atoms with Crippen molar-refractivity contribution in [3.63, 3.8) is 0 Å². The van der Waals surface area contributed by atoms with Crippen molar-refractivity contribution in [3.8, 4) is 27.9 Å². The summed E-state index contributed by atoms with van der Waals surface area (Å²) < 4.78 is 2.54. The first-order valence-electron chi connectivity index (χ1n) is 19.7. The van der Waals surface area contributed by atoms with Gasteiger partial charge in [-0.3, -0.25) is 0 Å². The molecule has 0 N–H and O–H groups in total. The summed E-state index contributed by atoms with van der Waals surface area (Å²) in [5.41, 5.74) is 16.3. The van der Waals surface area contributed by atoms with E-state index in [4.69, 9.17) is 0 Å². The maximum atomic E-state index is 2.54. The number of fused-ring (bicyclic) bond motifs is 6. The standard InChI is InChI=1S/C55H38N2/c1-5-20-40(21-6-1)55(41-22-7-2-8-23-41)49-32-16-13-29-45(49)48-31-19-35-52(54(48)55)57-51-34-18-15-30-46(51)47-37-36-39(38-53(47)57)44-28-14-17-33-50(44)56(42-24-9-3-10-25-42)43-26-11-4-12-27-43/h1-38H. The zero-order valence-corrected chi connectivity index (χ0v) is 31.3. The molecule has 0 bridgehead atoms. The fraction of sp³-hybridized carbons (Fsp3) is 0.0182. The summed E-state index contributed by atoms with van der Waals surface area (Å²) in [5.74, 6) is 0. The van der Waals surface area contributed by atoms with Crippen LogP contribution in [0.25, 0.3) is 49.7 Å². The molecule has 1 aliphatic rings. The average molecular weight is 727 g/mol. The molecule has 0 spiro atoms. The van der Waals surface area contributed by atoms with E-state index in [1.54, 1.807) is 0 Å². The van der Waals surface area contributed by atoms with Gasteiger partial charge in [-0.2, -0.15) is 0 Å². The lowest BCUT2D eigenvalue weighted by molar-refractivity contribution is 0.762. The highest BCUT2D eigenvalue weighted by atomic mass is 15.1. The summed E-state index contributed by atoms with van der Waals surface area (Å²) in [6, 6.07) is 84.2. The molecule has 9 aromatic carbocycles. The maximum absolute atomic E-state index is 2.54. The normalized spacial score (nSPS) is 12.7. The maximum Gasteiger partial charge on any atom is 0.0734 e. The van der Waals surface area contributed by atoms with E-state index in [2.05, 4.69) is 240 Å². The number of rotatable bonds is 7. The van der Waals surface area contributed by atoms with Crippen molar-refractivity contribution in [2.45, 2.75) is 5.41 Å². The van der Waals surface area contributed by atoms with Gasteiger partial charge in [-0.25, -0.2) is 0 Å². The summed E-state index contributed by atoms with van der Waals surface area (Å²) in [6.45, 7) is 0. The van der Waals surface area contributed by atoms with Crippen LogP contribution in [0, 0.1) is 0 Å². The molecule has 2 heteroatoms. The zero-order valence-electron chi connectivity index (χ0n) is 31.3. The zero-order chi connectivity index (χ0) is 37.8. The Morgan fingerprint density at radius 3 is 1.58 bits per heavy atom. The molecule has 0 saturated heterocycles. The molecule has 1 aliphatic carbocycles. The summed E-state index contributed by atoms with van der Waals surface area (Å²) in [4.78, 5) is 2.37. The van der Waals surface area contributed by atoms with Crippen LogP contribution >= 0.6 is 0 Å². The van der Waals surface area contributed by atoms with Crippen molar-refractivity contribution in [3.05, 3.63) is 253 Å². The van der Waals surface area contributed by atoms with Crippen LogP contribution in [0.5, 0.6) is 0 Å². The summed E-state index contributed by atoms with van der Waals surface area (Å²) >= 11 is 0. The molecule has 11 rings (SSSR count). The lowest BCUT2D eigenvalue weighted by Gasteiger charge is -2.35. The predicted octanol–water partition coefficient (Wildman–Crippen LogP) is 14.3. The first kappa shape index (κ1) is 33.0. The van der Waals surface area contributed by atoms with E-state index < -0.39 is 5.41 Å². The van der Waals surface area contributed by atoms with Gasteiger partial charge in [-0.1, -0.05) is 182 Å². The van der Waals surface area contributed by atoms with Crippen LogP contribution < -0.4 is 4.90 Å². The molecule has 0 radical (unpaired) electrons. The van der Waals surface area contributed by atoms with Gasteiger partial charge >= 0.3 is 0 Å². The topological polar surface area (TPSA) is 8.17 Å². The van der Waals surface area contributed by atoms with E-state index in [0.717, 1.165) is 28.2 Å². The Bertz CT molecular complexity index is 2980. The van der Waals surface area contributed by atoms with Crippen molar-refractivity contribution < 1.29 is 0 Å². The van der Waals surface area contributed by atoms with Crippen LogP contribution in [0.2, 0.25) is 0 Å². The Morgan fingerprint density at radius 1 is 0.368 bits per heavy atom. The van der Waals surface area contributed by atoms with Gasteiger partial charge in [0, 0.05) is 33.3 Å². The van der Waals surface area contributed by atoms with Gasteiger partial charge in [0.05, 0.1) is 27.8 Å². The minimum atomic E-state index is -0.543. The Hall–Kier alpha value is -7.42. The molecule has 0 atom stereocenters. The molecule has 10 aromatic rings. The average Bonchev–Trinajstić information content (AvgIpc) is 3.79. The Kier molecular flexibility index (Phi) is 7.75. The highest BCUT2D eigenvalue weighted by Crippen LogP contribution is 2.58. The quantitative estimate of drug-likeness (QED) is 0.159. The van der Waals surface area contributed by atoms with Crippen LogP contribution in [0.4, 0.5) is 17.1 Å². The van der Waals surface area contributed by atoms with Crippen molar-refractivity contribution in [2.24, 2.45) is 0 Å². The largest absolute Gasteiger partial charge is 0.310 e. The molecule has 0 unspecified atom stereocenters. The monoisotopic (exact) mass is 726 g/mol. The Morgan fingerprint density at radius 2 is 0.895 bits per heavy atom. The molecule has 0 aliphatic heterocycles. The molecule has 2 nitrogen and oxygen atoms in total. The molecule has 0 amide bonds. The highest BCUT2D eigenvalue weighted by molar-refractivity contribution is 6.11. The minimum Gasteiger partial charge on any atom is -0.310 e. The second-order valence-electron chi connectivity index (χ2n) is 14.8. The van der Waals surface area contributed by atoms with Crippen LogP contribution in [0.1, 0.15) is 22.3 Å². The van der Waals surface area contributed by atoms with Gasteiger partial charge in [-0.15, -0.1) is 0 Å². The third-order valence-corrected chi connectivity index (χ3v) is 11.9. The first-order valence-corrected chi connectivity index (χ1v) is 19.7. The van der Waals surface area contributed by atoms with E-state index in [-0.39, 0.29) is 0 Å². The molecule has 0 fully saturated rings. The van der Waals surface area contributed by atoms with E-state index >= 15 is 0 Å². The molecule has 268 valence electrons. The third kappa shape index (κ3) is 5.04. The molecule has 1 aromatic heterocycles. The Balaban J connectivity index is 1.21. The first-order chi connectivity index (χ1) is 28.3. The summed E-state index contributed by atoms with van der Waals surface area (Å²) in [6.07, 6.45) is 0. The van der Waals surface area contributed by atoms with E-state index in [1.807, 2.05) is 0 Å². The van der Waals surface area contributed by atoms with Crippen molar-refractivity contribution in [1.82, 2.24) is 4.57 Å². The lowest BCUT2D eigenvalue weighted by atomic mass is 9.67. The third-order valence-electron chi connectivity index (χ3n) is 11.9. The Labute approximate surface area is 333 Å². The molecular weight excluding hydrogens is 689 g/mol. The number of hydrogen-bond acceptors (Lipinski definition) is 1. The molecule has 1 heterocycles. The molecular formula is C55H38N2. The minimum absolute atomic E-state index is 0.543. The predicted molar refractivity (Wildman–Crippen MR) is 238 cm³/mol. The van der Waals surface area contributed by atoms with Crippen LogP contribution in [-0.2, 0) is 5.41 Å². The fourth-order valence-electron chi connectivity index (χ4n) is 9.56. The van der Waals surface area contributed by atoms with Crippen molar-refractivity contribution in [2.75, 3.05) is 4.90 Å². The van der Waals surface area contributed by atoms with Crippen molar-refractivity contribution >= 4 is 38.9 Å². The van der Waals surface area contributed by atoms with Gasteiger partial charge < -0.3 is 9.47 Å². The van der Waals surface area contributed by atoms with Crippen LogP contribution in [-0.4, -0.2) is 4.57 Å². The van der Waals surface area contributed by atoms with E-state index in [0.29, 0.717) is 0 Å². The number of anilines is 3. The summed E-state index contributed by atoms with van der Waals surface area (Å²) in [5, 5.41) is 2.47. The van der Waals surface area contributed by atoms with Crippen LogP contribution in [0.3, 0.4) is 0 Å². The van der Waals surface area contributed by atoms with Gasteiger partial charge in [0.15, 0.2) is 0 Å². The van der Waals surface area contributed by atoms with Gasteiger partial charge in [0.1, 0.15) is 0 Å². The summed E-state index contributed by atoms with van der Waals surface area (Å²) in [7, 11) is 0. The highest BCUT2D eigenvalue weighted by Gasteiger charge is 2.48. The molecule has 0 saturated carbocycles. The SMILES string of the molecule is c1ccc(N(c2ccccc2)c2ccccc2-c2ccc3c4ccccc4n(-c4cccc5c4C(c4ccccc4)(c4ccccc4)c4ccccc4-5)c3c2)cc1. The fourth-order valence-corrected chi connectivity index (χ4v) is 9.56. The number of aromatic nitrogens is 1. The second-order valence-corrected chi connectivity index (χ2v) is 14.8. The van der Waals surface area contributed by atoms with Crippen molar-refractivity contribution in [1.29, 1.82) is 0 Å². The molecule has 57 heavy (non-hydrogen) atoms. The number of benzene rings is 9. The van der Waals surface area contributed by atoms with Gasteiger partial charge in [-0.05, 0) is 81.9 Å². The number of hydrogen-bond donors (Lipinski definition) is 0. The number of para-hydroxylation sites is 4. The van der Waals surface area contributed by atoms with Crippen LogP contribution in [0.15, 0.2) is 231 Å². The van der Waals surface area contributed by atoms with Gasteiger partial charge in [0.25, 0.3) is 0 Å². The smallest absolute Gasteiger partial charge is 0.0734 e.